The van der Waals surface area contributed by atoms with Crippen molar-refractivity contribution in [3.8, 4) is 0 Å². The van der Waals surface area contributed by atoms with Gasteiger partial charge in [0.2, 0.25) is 5.91 Å². The zero-order chi connectivity index (χ0) is 15.6. The Morgan fingerprint density at radius 2 is 2.10 bits per heavy atom. The van der Waals surface area contributed by atoms with E-state index in [4.69, 9.17) is 0 Å². The van der Waals surface area contributed by atoms with Gasteiger partial charge in [0.1, 0.15) is 11.6 Å². The van der Waals surface area contributed by atoms with Crippen molar-refractivity contribution < 1.29 is 9.18 Å². The highest BCUT2D eigenvalue weighted by molar-refractivity contribution is 8.00. The van der Waals surface area contributed by atoms with E-state index < -0.39 is 0 Å². The summed E-state index contributed by atoms with van der Waals surface area (Å²) in [5.74, 6) is 0.242. The molecule has 0 fully saturated rings. The van der Waals surface area contributed by atoms with Crippen molar-refractivity contribution >= 4 is 23.4 Å². The van der Waals surface area contributed by atoms with Gasteiger partial charge in [-0.05, 0) is 38.5 Å². The number of carbonyl (C=O) groups is 1. The quantitative estimate of drug-likeness (QED) is 0.882. The molecule has 7 heteroatoms. The van der Waals surface area contributed by atoms with Gasteiger partial charge in [0.25, 0.3) is 0 Å². The van der Waals surface area contributed by atoms with E-state index in [9.17, 15) is 9.18 Å². The molecule has 2 rings (SSSR count). The van der Waals surface area contributed by atoms with Gasteiger partial charge >= 0.3 is 0 Å². The third kappa shape index (κ3) is 3.60. The minimum atomic E-state index is -0.364. The first-order valence-corrected chi connectivity index (χ1v) is 7.36. The Morgan fingerprint density at radius 3 is 2.67 bits per heavy atom. The molecule has 112 valence electrons. The summed E-state index contributed by atoms with van der Waals surface area (Å²) in [5.41, 5.74) is 0.995. The van der Waals surface area contributed by atoms with Gasteiger partial charge in [-0.15, -0.1) is 10.2 Å². The van der Waals surface area contributed by atoms with Gasteiger partial charge in [-0.2, -0.15) is 0 Å². The van der Waals surface area contributed by atoms with Crippen LogP contribution in [0.3, 0.4) is 0 Å². The lowest BCUT2D eigenvalue weighted by Gasteiger charge is -2.12. The number of rotatable bonds is 4. The number of anilines is 1. The molecule has 0 radical (unpaired) electrons. The molecule has 1 aromatic carbocycles. The molecule has 0 bridgehead atoms. The molecule has 2 aromatic rings. The van der Waals surface area contributed by atoms with E-state index in [0.717, 1.165) is 5.82 Å². The molecule has 5 nitrogen and oxygen atoms in total. The van der Waals surface area contributed by atoms with E-state index >= 15 is 0 Å². The van der Waals surface area contributed by atoms with Crippen LogP contribution in [0, 0.1) is 19.7 Å². The van der Waals surface area contributed by atoms with Crippen LogP contribution in [-0.2, 0) is 11.8 Å². The number of thioether (sulfide) groups is 1. The first kappa shape index (κ1) is 15.5. The molecule has 1 N–H and O–H groups in total. The summed E-state index contributed by atoms with van der Waals surface area (Å²) in [6.07, 6.45) is 0. The molecule has 1 heterocycles. The van der Waals surface area contributed by atoms with E-state index in [1.165, 1.54) is 17.8 Å². The van der Waals surface area contributed by atoms with Crippen molar-refractivity contribution in [3.05, 3.63) is 35.4 Å². The van der Waals surface area contributed by atoms with Crippen LogP contribution in [-0.4, -0.2) is 25.9 Å². The predicted molar refractivity (Wildman–Crippen MR) is 80.8 cm³/mol. The van der Waals surface area contributed by atoms with Crippen molar-refractivity contribution in [1.82, 2.24) is 14.8 Å². The van der Waals surface area contributed by atoms with Crippen LogP contribution in [0.2, 0.25) is 0 Å². The van der Waals surface area contributed by atoms with Crippen molar-refractivity contribution in [2.24, 2.45) is 7.05 Å². The fourth-order valence-electron chi connectivity index (χ4n) is 1.62. The van der Waals surface area contributed by atoms with Gasteiger partial charge in [0.05, 0.1) is 5.25 Å². The van der Waals surface area contributed by atoms with Crippen LogP contribution >= 0.6 is 11.8 Å². The van der Waals surface area contributed by atoms with Crippen LogP contribution in [0.25, 0.3) is 0 Å². The van der Waals surface area contributed by atoms with Gasteiger partial charge < -0.3 is 9.88 Å². The number of benzene rings is 1. The fraction of sp³-hybridized carbons (Fsp3) is 0.357. The summed E-state index contributed by atoms with van der Waals surface area (Å²) in [5, 5.41) is 11.0. The second-order valence-corrected chi connectivity index (χ2v) is 6.11. The Hall–Kier alpha value is -1.89. The lowest BCUT2D eigenvalue weighted by molar-refractivity contribution is -0.115. The SMILES string of the molecule is Cc1ccc(NC(=O)[C@H](C)Sc2nnc(C)n2C)cc1F. The number of aromatic nitrogens is 3. The molecule has 0 saturated carbocycles. The van der Waals surface area contributed by atoms with Crippen molar-refractivity contribution in [1.29, 1.82) is 0 Å². The molecule has 0 aliphatic carbocycles. The Bertz CT molecular complexity index is 671. The maximum absolute atomic E-state index is 13.5. The largest absolute Gasteiger partial charge is 0.325 e. The average Bonchev–Trinajstić information content (AvgIpc) is 2.75. The zero-order valence-corrected chi connectivity index (χ0v) is 13.2. The summed E-state index contributed by atoms with van der Waals surface area (Å²) in [7, 11) is 1.84. The number of nitrogens with one attached hydrogen (secondary N) is 1. The van der Waals surface area contributed by atoms with Gasteiger partial charge in [-0.1, -0.05) is 17.8 Å². The first-order chi connectivity index (χ1) is 9.88. The molecule has 0 unspecified atom stereocenters. The second kappa shape index (κ2) is 6.26. The van der Waals surface area contributed by atoms with Gasteiger partial charge in [0.15, 0.2) is 5.16 Å². The highest BCUT2D eigenvalue weighted by Crippen LogP contribution is 2.22. The monoisotopic (exact) mass is 308 g/mol. The van der Waals surface area contributed by atoms with Gasteiger partial charge in [-0.25, -0.2) is 4.39 Å². The van der Waals surface area contributed by atoms with E-state index in [-0.39, 0.29) is 17.0 Å². The Kier molecular flexibility index (Phi) is 4.62. The highest BCUT2D eigenvalue weighted by Gasteiger charge is 2.18. The second-order valence-electron chi connectivity index (χ2n) is 4.80. The summed E-state index contributed by atoms with van der Waals surface area (Å²) < 4.78 is 15.3. The normalized spacial score (nSPS) is 12.2. The van der Waals surface area contributed by atoms with E-state index in [0.29, 0.717) is 16.4 Å². The van der Waals surface area contributed by atoms with Crippen LogP contribution in [0.15, 0.2) is 23.4 Å². The minimum absolute atomic E-state index is 0.205. The van der Waals surface area contributed by atoms with Gasteiger partial charge in [-0.3, -0.25) is 4.79 Å². The number of hydrogen-bond acceptors (Lipinski definition) is 4. The van der Waals surface area contributed by atoms with Crippen molar-refractivity contribution in [2.45, 2.75) is 31.2 Å². The number of hydrogen-bond donors (Lipinski definition) is 1. The highest BCUT2D eigenvalue weighted by atomic mass is 32.2. The molecule has 21 heavy (non-hydrogen) atoms. The fourth-order valence-corrected chi connectivity index (χ4v) is 2.48. The third-order valence-electron chi connectivity index (χ3n) is 3.14. The smallest absolute Gasteiger partial charge is 0.237 e. The minimum Gasteiger partial charge on any atom is -0.325 e. The molecule has 1 atom stereocenters. The first-order valence-electron chi connectivity index (χ1n) is 6.48. The number of amides is 1. The van der Waals surface area contributed by atoms with Crippen LogP contribution in [0.1, 0.15) is 18.3 Å². The number of halogens is 1. The Labute approximate surface area is 127 Å². The number of nitrogens with zero attached hydrogens (tertiary/aromatic N) is 3. The zero-order valence-electron chi connectivity index (χ0n) is 12.3. The van der Waals surface area contributed by atoms with Crippen LogP contribution in [0.4, 0.5) is 10.1 Å². The molecule has 0 aliphatic heterocycles. The molecular formula is C14H17FN4OS. The molecule has 0 saturated heterocycles. The average molecular weight is 308 g/mol. The lowest BCUT2D eigenvalue weighted by Crippen LogP contribution is -2.23. The Morgan fingerprint density at radius 1 is 1.38 bits per heavy atom. The topological polar surface area (TPSA) is 59.8 Å². The van der Waals surface area contributed by atoms with E-state index in [2.05, 4.69) is 15.5 Å². The number of aryl methyl sites for hydroxylation is 2. The molecule has 0 spiro atoms. The Balaban J connectivity index is 2.02. The summed E-state index contributed by atoms with van der Waals surface area (Å²) in [4.78, 5) is 12.1. The standard InChI is InChI=1S/C14H17FN4OS/c1-8-5-6-11(7-12(8)15)16-13(20)9(2)21-14-18-17-10(3)19(14)4/h5-7,9H,1-4H3,(H,16,20)/t9-/m0/s1. The van der Waals surface area contributed by atoms with Gasteiger partial charge in [0, 0.05) is 12.7 Å². The molecule has 1 amide bonds. The van der Waals surface area contributed by atoms with Crippen molar-refractivity contribution in [3.63, 3.8) is 0 Å². The van der Waals surface area contributed by atoms with Crippen LogP contribution in [0.5, 0.6) is 0 Å². The van der Waals surface area contributed by atoms with E-state index in [1.54, 1.807) is 26.0 Å². The molecule has 1 aromatic heterocycles. The maximum atomic E-state index is 13.5. The summed E-state index contributed by atoms with van der Waals surface area (Å²) >= 11 is 1.31. The summed E-state index contributed by atoms with van der Waals surface area (Å²) in [6.45, 7) is 5.29. The van der Waals surface area contributed by atoms with Crippen molar-refractivity contribution in [2.75, 3.05) is 5.32 Å². The number of carbonyl (C=O) groups excluding carboxylic acids is 1. The third-order valence-corrected chi connectivity index (χ3v) is 4.28. The summed E-state index contributed by atoms with van der Waals surface area (Å²) in [6, 6.07) is 4.63. The maximum Gasteiger partial charge on any atom is 0.237 e. The van der Waals surface area contributed by atoms with Crippen LogP contribution < -0.4 is 5.32 Å². The molecule has 0 aliphatic rings. The molecular weight excluding hydrogens is 291 g/mol. The van der Waals surface area contributed by atoms with E-state index in [1.807, 2.05) is 18.5 Å². The predicted octanol–water partition coefficient (Wildman–Crippen LogP) is 2.69. The lowest BCUT2D eigenvalue weighted by atomic mass is 10.2.